The quantitative estimate of drug-likeness (QED) is 0.727. The summed E-state index contributed by atoms with van der Waals surface area (Å²) in [4.78, 5) is 0. The Morgan fingerprint density at radius 2 is 1.88 bits per heavy atom. The molecule has 17 heavy (non-hydrogen) atoms. The van der Waals surface area contributed by atoms with Gasteiger partial charge in [0, 0.05) is 25.9 Å². The zero-order valence-electron chi connectivity index (χ0n) is 10.9. The Balaban J connectivity index is 1.45. The highest BCUT2D eigenvalue weighted by molar-refractivity contribution is 4.80. The summed E-state index contributed by atoms with van der Waals surface area (Å²) in [7, 11) is 0. The number of ether oxygens (including phenoxy) is 2. The molecule has 2 fully saturated rings. The van der Waals surface area contributed by atoms with Crippen LogP contribution in [0.2, 0.25) is 0 Å². The first-order chi connectivity index (χ1) is 8.36. The molecule has 1 saturated heterocycles. The fraction of sp³-hybridized carbons (Fsp3) is 1.00. The molecule has 0 amide bonds. The van der Waals surface area contributed by atoms with E-state index in [1.807, 2.05) is 0 Å². The molecule has 100 valence electrons. The molecule has 3 heteroatoms. The van der Waals surface area contributed by atoms with Gasteiger partial charge >= 0.3 is 0 Å². The molecule has 1 aliphatic carbocycles. The SMILES string of the molecule is NC1CCCC1OCCCCC1CCOCC1. The first-order valence-corrected chi connectivity index (χ1v) is 7.31. The molecule has 2 aliphatic rings. The zero-order chi connectivity index (χ0) is 11.9. The van der Waals surface area contributed by atoms with Gasteiger partial charge in [0.25, 0.3) is 0 Å². The van der Waals surface area contributed by atoms with Crippen molar-refractivity contribution >= 4 is 0 Å². The van der Waals surface area contributed by atoms with Crippen molar-refractivity contribution in [1.29, 1.82) is 0 Å². The maximum Gasteiger partial charge on any atom is 0.0725 e. The van der Waals surface area contributed by atoms with E-state index in [9.17, 15) is 0 Å². The highest BCUT2D eigenvalue weighted by Crippen LogP contribution is 2.22. The van der Waals surface area contributed by atoms with Gasteiger partial charge in [-0.05, 0) is 44.4 Å². The van der Waals surface area contributed by atoms with E-state index < -0.39 is 0 Å². The molecule has 2 unspecified atom stereocenters. The van der Waals surface area contributed by atoms with Crippen molar-refractivity contribution in [3.63, 3.8) is 0 Å². The van der Waals surface area contributed by atoms with Gasteiger partial charge in [-0.3, -0.25) is 0 Å². The fourth-order valence-electron chi connectivity index (χ4n) is 2.97. The molecule has 1 aliphatic heterocycles. The maximum absolute atomic E-state index is 5.97. The van der Waals surface area contributed by atoms with Gasteiger partial charge in [-0.2, -0.15) is 0 Å². The summed E-state index contributed by atoms with van der Waals surface area (Å²) in [5.41, 5.74) is 5.97. The second kappa shape index (κ2) is 7.34. The molecule has 0 aromatic heterocycles. The summed E-state index contributed by atoms with van der Waals surface area (Å²) >= 11 is 0. The number of unbranched alkanes of at least 4 members (excludes halogenated alkanes) is 1. The van der Waals surface area contributed by atoms with Crippen LogP contribution in [-0.4, -0.2) is 32.0 Å². The topological polar surface area (TPSA) is 44.5 Å². The van der Waals surface area contributed by atoms with Crippen molar-refractivity contribution in [3.8, 4) is 0 Å². The summed E-state index contributed by atoms with van der Waals surface area (Å²) < 4.78 is 11.2. The van der Waals surface area contributed by atoms with Crippen LogP contribution in [0.3, 0.4) is 0 Å². The smallest absolute Gasteiger partial charge is 0.0725 e. The number of hydrogen-bond acceptors (Lipinski definition) is 3. The molecule has 1 saturated carbocycles. The molecular weight excluding hydrogens is 214 g/mol. The van der Waals surface area contributed by atoms with E-state index in [1.54, 1.807) is 0 Å². The summed E-state index contributed by atoms with van der Waals surface area (Å²) in [6, 6.07) is 0.297. The van der Waals surface area contributed by atoms with E-state index in [4.69, 9.17) is 15.2 Å². The lowest BCUT2D eigenvalue weighted by molar-refractivity contribution is 0.0414. The molecule has 0 aromatic rings. The number of nitrogens with two attached hydrogens (primary N) is 1. The van der Waals surface area contributed by atoms with Crippen molar-refractivity contribution in [1.82, 2.24) is 0 Å². The second-order valence-electron chi connectivity index (χ2n) is 5.56. The first kappa shape index (κ1) is 13.3. The summed E-state index contributed by atoms with van der Waals surface area (Å²) in [5.74, 6) is 0.900. The van der Waals surface area contributed by atoms with Crippen LogP contribution in [0.5, 0.6) is 0 Å². The Bertz CT molecular complexity index is 204. The molecule has 0 aromatic carbocycles. The third-order valence-electron chi connectivity index (χ3n) is 4.18. The highest BCUT2D eigenvalue weighted by Gasteiger charge is 2.24. The minimum atomic E-state index is 0.297. The van der Waals surface area contributed by atoms with Gasteiger partial charge in [0.1, 0.15) is 0 Å². The van der Waals surface area contributed by atoms with Gasteiger partial charge in [0.05, 0.1) is 6.10 Å². The van der Waals surface area contributed by atoms with E-state index in [1.165, 1.54) is 44.9 Å². The molecule has 2 rings (SSSR count). The van der Waals surface area contributed by atoms with E-state index in [0.717, 1.165) is 32.2 Å². The van der Waals surface area contributed by atoms with Crippen molar-refractivity contribution in [2.45, 2.75) is 63.5 Å². The standard InChI is InChI=1S/C14H27NO2/c15-13-5-3-6-14(13)17-9-2-1-4-12-7-10-16-11-8-12/h12-14H,1-11,15H2. The van der Waals surface area contributed by atoms with Crippen molar-refractivity contribution < 1.29 is 9.47 Å². The largest absolute Gasteiger partial charge is 0.381 e. The third-order valence-corrected chi connectivity index (χ3v) is 4.18. The van der Waals surface area contributed by atoms with E-state index >= 15 is 0 Å². The van der Waals surface area contributed by atoms with Crippen molar-refractivity contribution in [3.05, 3.63) is 0 Å². The Kier molecular flexibility index (Phi) is 5.75. The normalized spacial score (nSPS) is 30.9. The van der Waals surface area contributed by atoms with Gasteiger partial charge in [-0.25, -0.2) is 0 Å². The van der Waals surface area contributed by atoms with Crippen LogP contribution in [0.4, 0.5) is 0 Å². The monoisotopic (exact) mass is 241 g/mol. The van der Waals surface area contributed by atoms with Gasteiger partial charge < -0.3 is 15.2 Å². The van der Waals surface area contributed by atoms with Crippen molar-refractivity contribution in [2.24, 2.45) is 11.7 Å². The zero-order valence-corrected chi connectivity index (χ0v) is 10.9. The molecule has 0 bridgehead atoms. The number of hydrogen-bond donors (Lipinski definition) is 1. The summed E-state index contributed by atoms with van der Waals surface area (Å²) in [5, 5.41) is 0. The lowest BCUT2D eigenvalue weighted by Crippen LogP contribution is -2.31. The Hall–Kier alpha value is -0.120. The Morgan fingerprint density at radius 3 is 2.59 bits per heavy atom. The second-order valence-corrected chi connectivity index (χ2v) is 5.56. The third kappa shape index (κ3) is 4.57. The first-order valence-electron chi connectivity index (χ1n) is 7.31. The molecule has 0 spiro atoms. The Labute approximate surface area is 105 Å². The Morgan fingerprint density at radius 1 is 1.06 bits per heavy atom. The van der Waals surface area contributed by atoms with Crippen LogP contribution in [0, 0.1) is 5.92 Å². The van der Waals surface area contributed by atoms with Crippen LogP contribution >= 0.6 is 0 Å². The van der Waals surface area contributed by atoms with Crippen LogP contribution in [0.25, 0.3) is 0 Å². The van der Waals surface area contributed by atoms with E-state index in [-0.39, 0.29) is 0 Å². The van der Waals surface area contributed by atoms with Crippen LogP contribution in [0.15, 0.2) is 0 Å². The van der Waals surface area contributed by atoms with Crippen LogP contribution in [-0.2, 0) is 9.47 Å². The predicted octanol–water partition coefficient (Wildman–Crippen LogP) is 2.48. The molecule has 2 atom stereocenters. The molecular formula is C14H27NO2. The number of rotatable bonds is 6. The van der Waals surface area contributed by atoms with E-state index in [2.05, 4.69) is 0 Å². The highest BCUT2D eigenvalue weighted by atomic mass is 16.5. The maximum atomic E-state index is 5.97. The minimum absolute atomic E-state index is 0.297. The summed E-state index contributed by atoms with van der Waals surface area (Å²) in [6.45, 7) is 2.85. The lowest BCUT2D eigenvalue weighted by atomic mass is 9.94. The molecule has 2 N–H and O–H groups in total. The average Bonchev–Trinajstić information content (AvgIpc) is 2.76. The molecule has 1 heterocycles. The van der Waals surface area contributed by atoms with Gasteiger partial charge in [-0.15, -0.1) is 0 Å². The minimum Gasteiger partial charge on any atom is -0.381 e. The fourth-order valence-corrected chi connectivity index (χ4v) is 2.97. The van der Waals surface area contributed by atoms with E-state index in [0.29, 0.717) is 12.1 Å². The van der Waals surface area contributed by atoms with Crippen LogP contribution in [0.1, 0.15) is 51.4 Å². The van der Waals surface area contributed by atoms with Gasteiger partial charge in [0.15, 0.2) is 0 Å². The molecule has 0 radical (unpaired) electrons. The van der Waals surface area contributed by atoms with Gasteiger partial charge in [-0.1, -0.05) is 12.8 Å². The summed E-state index contributed by atoms with van der Waals surface area (Å²) in [6.07, 6.45) is 10.3. The molecule has 3 nitrogen and oxygen atoms in total. The average molecular weight is 241 g/mol. The lowest BCUT2D eigenvalue weighted by Gasteiger charge is -2.22. The van der Waals surface area contributed by atoms with Crippen LogP contribution < -0.4 is 5.73 Å². The van der Waals surface area contributed by atoms with Crippen molar-refractivity contribution in [2.75, 3.05) is 19.8 Å². The predicted molar refractivity (Wildman–Crippen MR) is 69.0 cm³/mol. The van der Waals surface area contributed by atoms with Gasteiger partial charge in [0.2, 0.25) is 0 Å².